The van der Waals surface area contributed by atoms with Crippen LogP contribution in [-0.2, 0) is 11.4 Å². The van der Waals surface area contributed by atoms with Crippen molar-refractivity contribution in [3.8, 4) is 22.9 Å². The zero-order chi connectivity index (χ0) is 20.1. The highest BCUT2D eigenvalue weighted by Crippen LogP contribution is 2.27. The van der Waals surface area contributed by atoms with Crippen LogP contribution in [0.2, 0.25) is 0 Å². The van der Waals surface area contributed by atoms with Crippen molar-refractivity contribution in [2.45, 2.75) is 20.5 Å². The molecule has 0 saturated heterocycles. The maximum atomic E-state index is 11.6. The molecule has 144 valence electrons. The Labute approximate surface area is 161 Å². The van der Waals surface area contributed by atoms with Crippen LogP contribution in [-0.4, -0.2) is 28.9 Å². The number of carbonyl (C=O) groups excluding carboxylic acids is 2. The second kappa shape index (κ2) is 8.34. The fourth-order valence-electron chi connectivity index (χ4n) is 2.46. The van der Waals surface area contributed by atoms with E-state index in [1.807, 2.05) is 12.1 Å². The molecular weight excluding hydrogens is 362 g/mol. The lowest BCUT2D eigenvalue weighted by Crippen LogP contribution is -2.09. The third-order valence-electron chi connectivity index (χ3n) is 3.87. The third-order valence-corrected chi connectivity index (χ3v) is 3.87. The molecule has 3 aromatic rings. The maximum absolute atomic E-state index is 11.6. The van der Waals surface area contributed by atoms with Crippen LogP contribution in [0.15, 0.2) is 47.0 Å². The highest BCUT2D eigenvalue weighted by atomic mass is 16.5. The first kappa shape index (κ1) is 19.1. The molecule has 3 rings (SSSR count). The number of aromatic nitrogens is 2. The molecule has 0 saturated carbocycles. The number of carbonyl (C=O) groups is 2. The molecule has 1 amide bonds. The highest BCUT2D eigenvalue weighted by molar-refractivity contribution is 5.96. The van der Waals surface area contributed by atoms with E-state index in [4.69, 9.17) is 14.0 Å². The van der Waals surface area contributed by atoms with Gasteiger partial charge in [-0.3, -0.25) is 9.59 Å². The number of ketones is 1. The van der Waals surface area contributed by atoms with Gasteiger partial charge in [0.1, 0.15) is 11.5 Å². The van der Waals surface area contributed by atoms with Crippen LogP contribution in [0.4, 0.5) is 5.69 Å². The first-order chi connectivity index (χ1) is 13.5. The van der Waals surface area contributed by atoms with Crippen molar-refractivity contribution in [3.63, 3.8) is 0 Å². The zero-order valence-electron chi connectivity index (χ0n) is 15.7. The fourth-order valence-corrected chi connectivity index (χ4v) is 2.46. The molecule has 0 spiro atoms. The molecule has 0 aliphatic carbocycles. The van der Waals surface area contributed by atoms with Gasteiger partial charge in [-0.1, -0.05) is 5.16 Å². The summed E-state index contributed by atoms with van der Waals surface area (Å²) in [5, 5.41) is 6.60. The number of hydrogen-bond donors (Lipinski definition) is 1. The zero-order valence-corrected chi connectivity index (χ0v) is 15.7. The molecule has 0 radical (unpaired) electrons. The molecule has 8 nitrogen and oxygen atoms in total. The number of nitrogens with one attached hydrogen (secondary N) is 1. The van der Waals surface area contributed by atoms with Gasteiger partial charge >= 0.3 is 0 Å². The Balaban J connectivity index is 1.76. The predicted molar refractivity (Wildman–Crippen MR) is 101 cm³/mol. The molecule has 8 heteroatoms. The van der Waals surface area contributed by atoms with Crippen LogP contribution in [0.1, 0.15) is 30.1 Å². The SMILES string of the molecule is COc1ccc(-c2noc(COc3cc(C(C)=O)ccc3NC(C)=O)n2)cc1. The fraction of sp³-hybridized carbons (Fsp3) is 0.200. The van der Waals surface area contributed by atoms with E-state index in [-0.39, 0.29) is 24.2 Å². The summed E-state index contributed by atoms with van der Waals surface area (Å²) < 4.78 is 16.1. The van der Waals surface area contributed by atoms with Gasteiger partial charge in [-0.25, -0.2) is 0 Å². The van der Waals surface area contributed by atoms with Crippen molar-refractivity contribution in [1.82, 2.24) is 10.1 Å². The minimum Gasteiger partial charge on any atom is -0.497 e. The van der Waals surface area contributed by atoms with E-state index in [9.17, 15) is 9.59 Å². The van der Waals surface area contributed by atoms with Gasteiger partial charge in [-0.15, -0.1) is 0 Å². The maximum Gasteiger partial charge on any atom is 0.264 e. The molecule has 1 heterocycles. The number of ether oxygens (including phenoxy) is 2. The minimum absolute atomic E-state index is 0.0168. The van der Waals surface area contributed by atoms with E-state index >= 15 is 0 Å². The molecule has 0 fully saturated rings. The van der Waals surface area contributed by atoms with E-state index in [1.54, 1.807) is 37.4 Å². The largest absolute Gasteiger partial charge is 0.497 e. The topological polar surface area (TPSA) is 104 Å². The normalized spacial score (nSPS) is 10.4. The number of Topliss-reactive ketones (excluding diaryl/α,β-unsaturated/α-hetero) is 1. The molecule has 0 aliphatic heterocycles. The Bertz CT molecular complexity index is 995. The smallest absolute Gasteiger partial charge is 0.264 e. The van der Waals surface area contributed by atoms with Crippen LogP contribution in [0.25, 0.3) is 11.4 Å². The lowest BCUT2D eigenvalue weighted by molar-refractivity contribution is -0.114. The monoisotopic (exact) mass is 381 g/mol. The van der Waals surface area contributed by atoms with Crippen LogP contribution < -0.4 is 14.8 Å². The Morgan fingerprint density at radius 1 is 1.11 bits per heavy atom. The highest BCUT2D eigenvalue weighted by Gasteiger charge is 2.13. The molecule has 0 bridgehead atoms. The molecule has 2 aromatic carbocycles. The van der Waals surface area contributed by atoms with Crippen molar-refractivity contribution in [1.29, 1.82) is 0 Å². The van der Waals surface area contributed by atoms with Crippen molar-refractivity contribution in [2.24, 2.45) is 0 Å². The average Bonchev–Trinajstić information content (AvgIpc) is 3.15. The van der Waals surface area contributed by atoms with Crippen molar-refractivity contribution in [2.75, 3.05) is 12.4 Å². The number of hydrogen-bond acceptors (Lipinski definition) is 7. The first-order valence-electron chi connectivity index (χ1n) is 8.48. The van der Waals surface area contributed by atoms with Crippen molar-refractivity contribution >= 4 is 17.4 Å². The van der Waals surface area contributed by atoms with Gasteiger partial charge in [0.2, 0.25) is 11.7 Å². The van der Waals surface area contributed by atoms with Gasteiger partial charge in [-0.2, -0.15) is 4.98 Å². The summed E-state index contributed by atoms with van der Waals surface area (Å²) in [7, 11) is 1.59. The summed E-state index contributed by atoms with van der Waals surface area (Å²) in [4.78, 5) is 27.3. The Morgan fingerprint density at radius 2 is 1.86 bits per heavy atom. The molecular formula is C20H19N3O5. The van der Waals surface area contributed by atoms with E-state index in [0.29, 0.717) is 22.8 Å². The average molecular weight is 381 g/mol. The minimum atomic E-state index is -0.250. The predicted octanol–water partition coefficient (Wildman–Crippen LogP) is 3.49. The van der Waals surface area contributed by atoms with Crippen LogP contribution in [0, 0.1) is 0 Å². The van der Waals surface area contributed by atoms with Crippen LogP contribution in [0.3, 0.4) is 0 Å². The molecule has 0 unspecified atom stereocenters. The van der Waals surface area contributed by atoms with Gasteiger partial charge in [0.05, 0.1) is 12.8 Å². The van der Waals surface area contributed by atoms with Crippen LogP contribution >= 0.6 is 0 Å². The Kier molecular flexibility index (Phi) is 5.69. The lowest BCUT2D eigenvalue weighted by Gasteiger charge is -2.11. The Hall–Kier alpha value is -3.68. The van der Waals surface area contributed by atoms with Gasteiger partial charge in [0.25, 0.3) is 5.89 Å². The molecule has 1 aromatic heterocycles. The lowest BCUT2D eigenvalue weighted by atomic mass is 10.1. The van der Waals surface area contributed by atoms with Gasteiger partial charge in [0, 0.05) is 18.1 Å². The quantitative estimate of drug-likeness (QED) is 0.625. The summed E-state index contributed by atoms with van der Waals surface area (Å²) in [5.41, 5.74) is 1.69. The number of benzene rings is 2. The molecule has 0 atom stereocenters. The van der Waals surface area contributed by atoms with Crippen molar-refractivity contribution < 1.29 is 23.6 Å². The van der Waals surface area contributed by atoms with E-state index in [0.717, 1.165) is 11.3 Å². The number of nitrogens with zero attached hydrogens (tertiary/aromatic N) is 2. The summed E-state index contributed by atoms with van der Waals surface area (Å²) in [5.74, 6) is 1.38. The van der Waals surface area contributed by atoms with E-state index in [2.05, 4.69) is 15.5 Å². The molecule has 1 N–H and O–H groups in total. The molecule has 28 heavy (non-hydrogen) atoms. The number of amides is 1. The van der Waals surface area contributed by atoms with Gasteiger partial charge in [-0.05, 0) is 49.4 Å². The van der Waals surface area contributed by atoms with Gasteiger partial charge < -0.3 is 19.3 Å². The van der Waals surface area contributed by atoms with Crippen molar-refractivity contribution in [3.05, 3.63) is 53.9 Å². The van der Waals surface area contributed by atoms with Crippen LogP contribution in [0.5, 0.6) is 11.5 Å². The first-order valence-corrected chi connectivity index (χ1v) is 8.48. The van der Waals surface area contributed by atoms with E-state index in [1.165, 1.54) is 13.8 Å². The second-order valence-corrected chi connectivity index (χ2v) is 5.98. The third kappa shape index (κ3) is 4.53. The Morgan fingerprint density at radius 3 is 2.50 bits per heavy atom. The summed E-state index contributed by atoms with van der Waals surface area (Å²) in [6.45, 7) is 2.83. The number of anilines is 1. The molecule has 0 aliphatic rings. The second-order valence-electron chi connectivity index (χ2n) is 5.98. The summed E-state index contributed by atoms with van der Waals surface area (Å²) in [6.07, 6.45) is 0. The van der Waals surface area contributed by atoms with Gasteiger partial charge in [0.15, 0.2) is 12.4 Å². The number of methoxy groups -OCH3 is 1. The summed E-state index contributed by atoms with van der Waals surface area (Å²) in [6, 6.07) is 12.0. The number of rotatable bonds is 7. The standard InChI is InChI=1S/C20H19N3O5/c1-12(24)15-6-9-17(21-13(2)25)18(10-15)27-11-19-22-20(23-28-19)14-4-7-16(26-3)8-5-14/h4-10H,11H2,1-3H3,(H,21,25). The van der Waals surface area contributed by atoms with E-state index < -0.39 is 0 Å². The summed E-state index contributed by atoms with van der Waals surface area (Å²) >= 11 is 0.